The minimum absolute atomic E-state index is 0.962. The van der Waals surface area contributed by atoms with Crippen molar-refractivity contribution >= 4 is 0 Å². The third-order valence-corrected chi connectivity index (χ3v) is 5.92. The molecule has 0 radical (unpaired) electrons. The van der Waals surface area contributed by atoms with Crippen molar-refractivity contribution in [3.8, 4) is 0 Å². The van der Waals surface area contributed by atoms with Gasteiger partial charge in [0.05, 0.1) is 0 Å². The predicted octanol–water partition coefficient (Wildman–Crippen LogP) is 9.32. The molecule has 0 saturated heterocycles. The van der Waals surface area contributed by atoms with E-state index < -0.39 is 0 Å². The van der Waals surface area contributed by atoms with E-state index in [-0.39, 0.29) is 0 Å². The maximum Gasteiger partial charge on any atom is -0.0388 e. The second-order valence-electron chi connectivity index (χ2n) is 8.35. The Morgan fingerprint density at radius 2 is 0.750 bits per heavy atom. The molecule has 0 rings (SSSR count). The molecule has 146 valence electrons. The zero-order chi connectivity index (χ0) is 17.9. The number of rotatable bonds is 19. The molecular weight excluding hydrogens is 288 g/mol. The van der Waals surface area contributed by atoms with Gasteiger partial charge in [-0.3, -0.25) is 0 Å². The molecule has 0 aliphatic rings. The molecule has 0 bridgehead atoms. The molecule has 0 heteroatoms. The van der Waals surface area contributed by atoms with Crippen LogP contribution in [0, 0.1) is 11.8 Å². The van der Waals surface area contributed by atoms with E-state index in [1.807, 2.05) is 0 Å². The van der Waals surface area contributed by atoms with Crippen molar-refractivity contribution in [2.75, 3.05) is 0 Å². The molecule has 0 aromatic heterocycles. The second kappa shape index (κ2) is 19.3. The Kier molecular flexibility index (Phi) is 19.3. The van der Waals surface area contributed by atoms with Crippen molar-refractivity contribution in [1.29, 1.82) is 0 Å². The van der Waals surface area contributed by atoms with E-state index in [0.29, 0.717) is 0 Å². The number of hydrogen-bond donors (Lipinski definition) is 0. The van der Waals surface area contributed by atoms with E-state index in [2.05, 4.69) is 27.7 Å². The van der Waals surface area contributed by atoms with Crippen LogP contribution < -0.4 is 0 Å². The summed E-state index contributed by atoms with van der Waals surface area (Å²) in [7, 11) is 0. The van der Waals surface area contributed by atoms with Crippen LogP contribution in [0.15, 0.2) is 0 Å². The molecule has 0 amide bonds. The van der Waals surface area contributed by atoms with Gasteiger partial charge in [-0.15, -0.1) is 0 Å². The molecule has 2 unspecified atom stereocenters. The average molecular weight is 339 g/mol. The van der Waals surface area contributed by atoms with E-state index in [4.69, 9.17) is 0 Å². The standard InChI is InChI=1S/C24H50/c1-5-8-11-13-14-15-16-18-20-23(4)24(21-17-10-7-3)22-19-12-9-6-2/h23-24H,5-22H2,1-4H3. The molecule has 0 heterocycles. The lowest BCUT2D eigenvalue weighted by Crippen LogP contribution is -2.12. The van der Waals surface area contributed by atoms with Crippen LogP contribution in [-0.4, -0.2) is 0 Å². The summed E-state index contributed by atoms with van der Waals surface area (Å²) < 4.78 is 0. The molecule has 0 N–H and O–H groups in total. The fourth-order valence-corrected chi connectivity index (χ4v) is 4.04. The molecular formula is C24H50. The Balaban J connectivity index is 3.81. The van der Waals surface area contributed by atoms with Crippen LogP contribution in [0.25, 0.3) is 0 Å². The zero-order valence-corrected chi connectivity index (χ0v) is 17.9. The summed E-state index contributed by atoms with van der Waals surface area (Å²) in [6.45, 7) is 9.52. The van der Waals surface area contributed by atoms with Crippen molar-refractivity contribution in [2.24, 2.45) is 11.8 Å². The summed E-state index contributed by atoms with van der Waals surface area (Å²) in [4.78, 5) is 0. The largest absolute Gasteiger partial charge is 0.0654 e. The van der Waals surface area contributed by atoms with Gasteiger partial charge in [0, 0.05) is 0 Å². The lowest BCUT2D eigenvalue weighted by molar-refractivity contribution is 0.275. The lowest BCUT2D eigenvalue weighted by atomic mass is 9.82. The van der Waals surface area contributed by atoms with Crippen LogP contribution in [0.2, 0.25) is 0 Å². The van der Waals surface area contributed by atoms with Gasteiger partial charge in [0.25, 0.3) is 0 Å². The first-order valence-corrected chi connectivity index (χ1v) is 11.8. The Morgan fingerprint density at radius 3 is 1.29 bits per heavy atom. The summed E-state index contributed by atoms with van der Waals surface area (Å²) in [6, 6.07) is 0. The van der Waals surface area contributed by atoms with Crippen molar-refractivity contribution in [3.05, 3.63) is 0 Å². The van der Waals surface area contributed by atoms with Gasteiger partial charge < -0.3 is 0 Å². The lowest BCUT2D eigenvalue weighted by Gasteiger charge is -2.24. The Morgan fingerprint density at radius 1 is 0.417 bits per heavy atom. The highest BCUT2D eigenvalue weighted by molar-refractivity contribution is 4.68. The summed E-state index contributed by atoms with van der Waals surface area (Å²) in [5, 5.41) is 0. The molecule has 2 atom stereocenters. The first-order chi connectivity index (χ1) is 11.8. The second-order valence-corrected chi connectivity index (χ2v) is 8.35. The summed E-state index contributed by atoms with van der Waals surface area (Å²) in [6.07, 6.45) is 26.2. The average Bonchev–Trinajstić information content (AvgIpc) is 2.59. The molecule has 0 aliphatic carbocycles. The molecule has 24 heavy (non-hydrogen) atoms. The van der Waals surface area contributed by atoms with Gasteiger partial charge in [-0.05, 0) is 11.8 Å². The third kappa shape index (κ3) is 15.5. The summed E-state index contributed by atoms with van der Waals surface area (Å²) in [5.74, 6) is 1.97. The van der Waals surface area contributed by atoms with Crippen molar-refractivity contribution in [3.63, 3.8) is 0 Å². The van der Waals surface area contributed by atoms with Gasteiger partial charge >= 0.3 is 0 Å². The van der Waals surface area contributed by atoms with Gasteiger partial charge in [-0.25, -0.2) is 0 Å². The Bertz CT molecular complexity index is 220. The highest BCUT2D eigenvalue weighted by Gasteiger charge is 2.16. The fourth-order valence-electron chi connectivity index (χ4n) is 4.04. The first-order valence-electron chi connectivity index (χ1n) is 11.8. The van der Waals surface area contributed by atoms with Crippen LogP contribution in [0.3, 0.4) is 0 Å². The van der Waals surface area contributed by atoms with Gasteiger partial charge in [-0.2, -0.15) is 0 Å². The zero-order valence-electron chi connectivity index (χ0n) is 17.9. The van der Waals surface area contributed by atoms with E-state index >= 15 is 0 Å². The Labute approximate surface area is 155 Å². The normalized spacial score (nSPS) is 14.0. The Hall–Kier alpha value is 0. The van der Waals surface area contributed by atoms with Crippen molar-refractivity contribution in [1.82, 2.24) is 0 Å². The molecule has 0 aromatic carbocycles. The van der Waals surface area contributed by atoms with Gasteiger partial charge in [-0.1, -0.05) is 143 Å². The van der Waals surface area contributed by atoms with E-state index in [0.717, 1.165) is 11.8 Å². The van der Waals surface area contributed by atoms with Crippen molar-refractivity contribution < 1.29 is 0 Å². The van der Waals surface area contributed by atoms with E-state index in [1.54, 1.807) is 0 Å². The van der Waals surface area contributed by atoms with Crippen LogP contribution in [0.1, 0.15) is 143 Å². The minimum atomic E-state index is 0.962. The summed E-state index contributed by atoms with van der Waals surface area (Å²) in [5.41, 5.74) is 0. The molecule has 0 aromatic rings. The number of hydrogen-bond acceptors (Lipinski definition) is 0. The van der Waals surface area contributed by atoms with Crippen LogP contribution >= 0.6 is 0 Å². The van der Waals surface area contributed by atoms with Gasteiger partial charge in [0.1, 0.15) is 0 Å². The fraction of sp³-hybridized carbons (Fsp3) is 1.00. The molecule has 0 saturated carbocycles. The third-order valence-electron chi connectivity index (χ3n) is 5.92. The first kappa shape index (κ1) is 24.0. The minimum Gasteiger partial charge on any atom is -0.0654 e. The quantitative estimate of drug-likeness (QED) is 0.206. The van der Waals surface area contributed by atoms with Gasteiger partial charge in [0.15, 0.2) is 0 Å². The summed E-state index contributed by atoms with van der Waals surface area (Å²) >= 11 is 0. The highest BCUT2D eigenvalue weighted by Crippen LogP contribution is 2.29. The molecule has 0 aliphatic heterocycles. The maximum absolute atomic E-state index is 2.55. The topological polar surface area (TPSA) is 0 Å². The maximum atomic E-state index is 2.55. The molecule has 0 spiro atoms. The smallest absolute Gasteiger partial charge is 0.0388 e. The van der Waals surface area contributed by atoms with E-state index in [1.165, 1.54) is 116 Å². The van der Waals surface area contributed by atoms with Crippen LogP contribution in [-0.2, 0) is 0 Å². The van der Waals surface area contributed by atoms with Crippen LogP contribution in [0.5, 0.6) is 0 Å². The van der Waals surface area contributed by atoms with Crippen LogP contribution in [0.4, 0.5) is 0 Å². The van der Waals surface area contributed by atoms with Gasteiger partial charge in [0.2, 0.25) is 0 Å². The SMILES string of the molecule is CCCCCCCCCCC(C)C(CCCCC)CCCCCC. The van der Waals surface area contributed by atoms with Crippen molar-refractivity contribution in [2.45, 2.75) is 143 Å². The monoisotopic (exact) mass is 338 g/mol. The molecule has 0 nitrogen and oxygen atoms in total. The molecule has 0 fully saturated rings. The highest BCUT2D eigenvalue weighted by atomic mass is 14.2. The number of unbranched alkanes of at least 4 members (excludes halogenated alkanes) is 12. The van der Waals surface area contributed by atoms with E-state index in [9.17, 15) is 0 Å². The predicted molar refractivity (Wildman–Crippen MR) is 113 cm³/mol.